The number of carbonyl (C=O) groups is 2. The number of hydrogen-bond acceptors (Lipinski definition) is 2. The van der Waals surface area contributed by atoms with Crippen molar-refractivity contribution in [1.82, 2.24) is 5.32 Å². The smallest absolute Gasteiger partial charge is 0.303 e. The molecule has 0 bridgehead atoms. The minimum atomic E-state index is -0.827. The molecule has 0 aliphatic carbocycles. The molecule has 0 aliphatic heterocycles. The third-order valence-electron chi connectivity index (χ3n) is 3.27. The van der Waals surface area contributed by atoms with Crippen LogP contribution in [0.2, 0.25) is 5.02 Å². The number of halogens is 1. The van der Waals surface area contributed by atoms with Gasteiger partial charge in [-0.3, -0.25) is 9.59 Å². The molecule has 1 aromatic rings. The number of amides is 1. The summed E-state index contributed by atoms with van der Waals surface area (Å²) in [6.45, 7) is 4.05. The van der Waals surface area contributed by atoms with Crippen LogP contribution in [0.3, 0.4) is 0 Å². The Hall–Kier alpha value is -1.55. The topological polar surface area (TPSA) is 66.4 Å². The monoisotopic (exact) mass is 311 g/mol. The fraction of sp³-hybridized carbons (Fsp3) is 0.500. The van der Waals surface area contributed by atoms with Crippen molar-refractivity contribution in [1.29, 1.82) is 0 Å². The van der Waals surface area contributed by atoms with Gasteiger partial charge in [-0.1, -0.05) is 43.6 Å². The Labute approximate surface area is 130 Å². The Morgan fingerprint density at radius 2 is 1.81 bits per heavy atom. The summed E-state index contributed by atoms with van der Waals surface area (Å²) >= 11 is 6.19. The second-order valence-electron chi connectivity index (χ2n) is 5.41. The number of unbranched alkanes of at least 4 members (excludes halogenated alkanes) is 1. The molecule has 116 valence electrons. The van der Waals surface area contributed by atoms with E-state index in [2.05, 4.69) is 5.32 Å². The zero-order chi connectivity index (χ0) is 15.8. The SMILES string of the molecule is CC(C)C(NC(=O)CCCCC(=O)O)c1ccccc1Cl. The third-order valence-corrected chi connectivity index (χ3v) is 3.61. The van der Waals surface area contributed by atoms with Crippen molar-refractivity contribution in [2.75, 3.05) is 0 Å². The Kier molecular flexibility index (Phi) is 7.23. The molecule has 0 radical (unpaired) electrons. The van der Waals surface area contributed by atoms with E-state index in [0.29, 0.717) is 24.3 Å². The highest BCUT2D eigenvalue weighted by Crippen LogP contribution is 2.28. The lowest BCUT2D eigenvalue weighted by Crippen LogP contribution is -2.31. The summed E-state index contributed by atoms with van der Waals surface area (Å²) in [5, 5.41) is 12.2. The highest BCUT2D eigenvalue weighted by Gasteiger charge is 2.20. The highest BCUT2D eigenvalue weighted by molar-refractivity contribution is 6.31. The van der Waals surface area contributed by atoms with Crippen LogP contribution in [0.1, 0.15) is 51.1 Å². The lowest BCUT2D eigenvalue weighted by atomic mass is 9.95. The first-order valence-corrected chi connectivity index (χ1v) is 7.55. The van der Waals surface area contributed by atoms with Crippen molar-refractivity contribution in [3.05, 3.63) is 34.9 Å². The summed E-state index contributed by atoms with van der Waals surface area (Å²) in [6, 6.07) is 7.35. The maximum atomic E-state index is 12.0. The predicted molar refractivity (Wildman–Crippen MR) is 83.3 cm³/mol. The molecule has 0 spiro atoms. The van der Waals surface area contributed by atoms with Gasteiger partial charge in [0, 0.05) is 17.9 Å². The lowest BCUT2D eigenvalue weighted by molar-refractivity contribution is -0.137. The summed E-state index contributed by atoms with van der Waals surface area (Å²) < 4.78 is 0. The quantitative estimate of drug-likeness (QED) is 0.718. The van der Waals surface area contributed by atoms with Crippen molar-refractivity contribution in [2.45, 2.75) is 45.6 Å². The number of hydrogen-bond donors (Lipinski definition) is 2. The molecule has 0 heterocycles. The van der Waals surface area contributed by atoms with Gasteiger partial charge in [-0.15, -0.1) is 0 Å². The molecule has 5 heteroatoms. The molecule has 0 saturated heterocycles. The second kappa shape index (κ2) is 8.67. The van der Waals surface area contributed by atoms with Crippen LogP contribution >= 0.6 is 11.6 Å². The molecule has 2 N–H and O–H groups in total. The standard InChI is InChI=1S/C16H22ClNO3/c1-11(2)16(12-7-3-4-8-13(12)17)18-14(19)9-5-6-10-15(20)21/h3-4,7-8,11,16H,5-6,9-10H2,1-2H3,(H,18,19)(H,20,21). The van der Waals surface area contributed by atoms with Gasteiger partial charge in [-0.25, -0.2) is 0 Å². The van der Waals surface area contributed by atoms with Gasteiger partial charge in [0.1, 0.15) is 0 Å². The molecule has 1 atom stereocenters. The summed E-state index contributed by atoms with van der Waals surface area (Å²) in [7, 11) is 0. The van der Waals surface area contributed by atoms with Gasteiger partial charge in [0.2, 0.25) is 5.91 Å². The van der Waals surface area contributed by atoms with E-state index >= 15 is 0 Å². The highest BCUT2D eigenvalue weighted by atomic mass is 35.5. The van der Waals surface area contributed by atoms with E-state index < -0.39 is 5.97 Å². The summed E-state index contributed by atoms with van der Waals surface area (Å²) in [6.07, 6.45) is 1.53. The van der Waals surface area contributed by atoms with Gasteiger partial charge in [-0.2, -0.15) is 0 Å². The van der Waals surface area contributed by atoms with Gasteiger partial charge in [0.25, 0.3) is 0 Å². The zero-order valence-corrected chi connectivity index (χ0v) is 13.2. The number of benzene rings is 1. The van der Waals surface area contributed by atoms with E-state index in [1.807, 2.05) is 38.1 Å². The maximum absolute atomic E-state index is 12.0. The number of aliphatic carboxylic acids is 1. The molecular formula is C16H22ClNO3. The number of nitrogens with one attached hydrogen (secondary N) is 1. The van der Waals surface area contributed by atoms with Crippen molar-refractivity contribution in [3.63, 3.8) is 0 Å². The Morgan fingerprint density at radius 1 is 1.19 bits per heavy atom. The Morgan fingerprint density at radius 3 is 2.38 bits per heavy atom. The molecule has 1 rings (SSSR count). The Bertz CT molecular complexity index is 488. The van der Waals surface area contributed by atoms with E-state index in [1.165, 1.54) is 0 Å². The molecule has 0 fully saturated rings. The molecular weight excluding hydrogens is 290 g/mol. The predicted octanol–water partition coefficient (Wildman–Crippen LogP) is 3.80. The van der Waals surface area contributed by atoms with Crippen LogP contribution < -0.4 is 5.32 Å². The van der Waals surface area contributed by atoms with Crippen LogP contribution in [0.15, 0.2) is 24.3 Å². The van der Waals surface area contributed by atoms with Crippen molar-refractivity contribution >= 4 is 23.5 Å². The van der Waals surface area contributed by atoms with E-state index in [0.717, 1.165) is 5.56 Å². The molecule has 4 nitrogen and oxygen atoms in total. The van der Waals surface area contributed by atoms with Crippen molar-refractivity contribution in [3.8, 4) is 0 Å². The molecule has 1 aromatic carbocycles. The van der Waals surface area contributed by atoms with Crippen LogP contribution in [-0.2, 0) is 9.59 Å². The van der Waals surface area contributed by atoms with Crippen LogP contribution in [0, 0.1) is 5.92 Å². The fourth-order valence-electron chi connectivity index (χ4n) is 2.14. The normalized spacial score (nSPS) is 12.2. The third kappa shape index (κ3) is 6.17. The zero-order valence-electron chi connectivity index (χ0n) is 12.4. The van der Waals surface area contributed by atoms with Crippen molar-refractivity contribution in [2.24, 2.45) is 5.92 Å². The number of rotatable bonds is 8. The minimum absolute atomic E-state index is 0.0704. The summed E-state index contributed by atoms with van der Waals surface area (Å²) in [5.74, 6) is -0.682. The van der Waals surface area contributed by atoms with Gasteiger partial charge in [0.05, 0.1) is 6.04 Å². The van der Waals surface area contributed by atoms with Gasteiger partial charge in [0.15, 0.2) is 0 Å². The molecule has 1 unspecified atom stereocenters. The second-order valence-corrected chi connectivity index (χ2v) is 5.82. The minimum Gasteiger partial charge on any atom is -0.481 e. The molecule has 0 aromatic heterocycles. The van der Waals surface area contributed by atoms with Crippen LogP contribution in [0.25, 0.3) is 0 Å². The lowest BCUT2D eigenvalue weighted by Gasteiger charge is -2.24. The largest absolute Gasteiger partial charge is 0.481 e. The Balaban J connectivity index is 2.57. The van der Waals surface area contributed by atoms with Gasteiger partial charge >= 0.3 is 5.97 Å². The van der Waals surface area contributed by atoms with Gasteiger partial charge < -0.3 is 10.4 Å². The maximum Gasteiger partial charge on any atom is 0.303 e. The van der Waals surface area contributed by atoms with Gasteiger partial charge in [-0.05, 0) is 30.4 Å². The first-order valence-electron chi connectivity index (χ1n) is 7.17. The molecule has 0 aliphatic rings. The van der Waals surface area contributed by atoms with E-state index in [4.69, 9.17) is 16.7 Å². The molecule has 0 saturated carbocycles. The molecule has 1 amide bonds. The average molecular weight is 312 g/mol. The number of carbonyl (C=O) groups excluding carboxylic acids is 1. The van der Waals surface area contributed by atoms with Crippen LogP contribution in [0.5, 0.6) is 0 Å². The average Bonchev–Trinajstić information content (AvgIpc) is 2.41. The summed E-state index contributed by atoms with van der Waals surface area (Å²) in [4.78, 5) is 22.4. The first-order chi connectivity index (χ1) is 9.91. The van der Waals surface area contributed by atoms with Crippen molar-refractivity contribution < 1.29 is 14.7 Å². The van der Waals surface area contributed by atoms with E-state index in [-0.39, 0.29) is 24.3 Å². The molecule has 21 heavy (non-hydrogen) atoms. The van der Waals surface area contributed by atoms with Crippen LogP contribution in [-0.4, -0.2) is 17.0 Å². The number of carboxylic acid groups (broad SMARTS) is 1. The fourth-order valence-corrected chi connectivity index (χ4v) is 2.39. The van der Waals surface area contributed by atoms with E-state index in [1.54, 1.807) is 0 Å². The first kappa shape index (κ1) is 17.5. The number of carboxylic acids is 1. The van der Waals surface area contributed by atoms with Crippen LogP contribution in [0.4, 0.5) is 0 Å². The van der Waals surface area contributed by atoms with E-state index in [9.17, 15) is 9.59 Å². The summed E-state index contributed by atoms with van der Waals surface area (Å²) in [5.41, 5.74) is 0.910.